The van der Waals surface area contributed by atoms with Crippen LogP contribution in [-0.2, 0) is 0 Å². The number of rotatable bonds is 3. The van der Waals surface area contributed by atoms with Gasteiger partial charge in [0.15, 0.2) is 0 Å². The molecule has 19 heavy (non-hydrogen) atoms. The van der Waals surface area contributed by atoms with Crippen LogP contribution >= 0.6 is 0 Å². The highest BCUT2D eigenvalue weighted by Crippen LogP contribution is 2.39. The molecule has 3 unspecified atom stereocenters. The Kier molecular flexibility index (Phi) is 4.32. The Morgan fingerprint density at radius 2 is 1.95 bits per heavy atom. The van der Waals surface area contributed by atoms with Crippen molar-refractivity contribution in [1.29, 1.82) is 0 Å². The third kappa shape index (κ3) is 2.69. The summed E-state index contributed by atoms with van der Waals surface area (Å²) in [5.74, 6) is 0.307. The highest BCUT2D eigenvalue weighted by atomic mass is 16.3. The number of benzene rings is 1. The van der Waals surface area contributed by atoms with E-state index in [4.69, 9.17) is 5.73 Å². The number of nitrogens with two attached hydrogens (primary N) is 1. The molecule has 106 valence electrons. The Labute approximate surface area is 114 Å². The number of hydrogen-bond acceptors (Lipinski definition) is 4. The van der Waals surface area contributed by atoms with Crippen molar-refractivity contribution in [2.24, 2.45) is 5.73 Å². The van der Waals surface area contributed by atoms with Crippen LogP contribution in [0, 0.1) is 0 Å². The Hall–Kier alpha value is -1.26. The molecule has 0 radical (unpaired) electrons. The molecule has 0 saturated carbocycles. The van der Waals surface area contributed by atoms with E-state index in [0.717, 1.165) is 12.8 Å². The van der Waals surface area contributed by atoms with Gasteiger partial charge in [-0.1, -0.05) is 12.5 Å². The zero-order valence-corrected chi connectivity index (χ0v) is 11.7. The fourth-order valence-electron chi connectivity index (χ4n) is 3.36. The van der Waals surface area contributed by atoms with Crippen LogP contribution < -0.4 is 5.73 Å². The van der Waals surface area contributed by atoms with E-state index in [1.54, 1.807) is 18.2 Å². The number of phenols is 2. The van der Waals surface area contributed by atoms with E-state index in [9.17, 15) is 10.2 Å². The van der Waals surface area contributed by atoms with Gasteiger partial charge in [0.2, 0.25) is 0 Å². The van der Waals surface area contributed by atoms with Crippen LogP contribution in [0.2, 0.25) is 0 Å². The van der Waals surface area contributed by atoms with E-state index < -0.39 is 0 Å². The van der Waals surface area contributed by atoms with Gasteiger partial charge in [0.1, 0.15) is 11.5 Å². The van der Waals surface area contributed by atoms with Crippen LogP contribution in [-0.4, -0.2) is 33.7 Å². The summed E-state index contributed by atoms with van der Waals surface area (Å²) >= 11 is 0. The summed E-state index contributed by atoms with van der Waals surface area (Å²) in [4.78, 5) is 2.33. The Bertz CT molecular complexity index is 416. The molecule has 4 nitrogen and oxygen atoms in total. The Morgan fingerprint density at radius 1 is 1.32 bits per heavy atom. The van der Waals surface area contributed by atoms with Crippen LogP contribution in [0.3, 0.4) is 0 Å². The minimum Gasteiger partial charge on any atom is -0.507 e. The van der Waals surface area contributed by atoms with Crippen LogP contribution in [0.4, 0.5) is 0 Å². The number of piperidine rings is 1. The van der Waals surface area contributed by atoms with Crippen molar-refractivity contribution in [2.45, 2.75) is 51.2 Å². The van der Waals surface area contributed by atoms with Gasteiger partial charge < -0.3 is 15.9 Å². The van der Waals surface area contributed by atoms with Gasteiger partial charge in [-0.05, 0) is 38.8 Å². The smallest absolute Gasteiger partial charge is 0.124 e. The molecule has 1 saturated heterocycles. The van der Waals surface area contributed by atoms with Gasteiger partial charge in [0, 0.05) is 24.7 Å². The van der Waals surface area contributed by atoms with Crippen molar-refractivity contribution in [3.05, 3.63) is 23.8 Å². The second-order valence-corrected chi connectivity index (χ2v) is 5.50. The molecule has 1 heterocycles. The summed E-state index contributed by atoms with van der Waals surface area (Å²) in [7, 11) is 0. The fourth-order valence-corrected chi connectivity index (χ4v) is 3.36. The fraction of sp³-hybridized carbons (Fsp3) is 0.600. The predicted octanol–water partition coefficient (Wildman–Crippen LogP) is 2.36. The van der Waals surface area contributed by atoms with Crippen molar-refractivity contribution in [3.8, 4) is 11.5 Å². The van der Waals surface area contributed by atoms with Gasteiger partial charge in [-0.3, -0.25) is 4.90 Å². The van der Waals surface area contributed by atoms with Gasteiger partial charge >= 0.3 is 0 Å². The number of likely N-dealkylation sites (tertiary alicyclic amines) is 1. The summed E-state index contributed by atoms with van der Waals surface area (Å²) < 4.78 is 0. The molecule has 4 N–H and O–H groups in total. The molecule has 0 bridgehead atoms. The average molecular weight is 264 g/mol. The van der Waals surface area contributed by atoms with Crippen LogP contribution in [0.25, 0.3) is 0 Å². The molecular formula is C15H24N2O2. The first-order valence-electron chi connectivity index (χ1n) is 7.04. The topological polar surface area (TPSA) is 69.7 Å². The standard InChI is InChI=1S/C15H24N2O2/c1-10-5-3-6-12(9-16)17(10)11(2)15-13(18)7-4-8-14(15)19/h4,7-8,10-12,18-19H,3,5-6,9,16H2,1-2H3. The lowest BCUT2D eigenvalue weighted by molar-refractivity contribution is 0.0550. The first-order valence-corrected chi connectivity index (χ1v) is 7.04. The molecule has 2 rings (SSSR count). The van der Waals surface area contributed by atoms with E-state index >= 15 is 0 Å². The summed E-state index contributed by atoms with van der Waals surface area (Å²) in [5.41, 5.74) is 6.49. The molecule has 1 aromatic rings. The van der Waals surface area contributed by atoms with Crippen molar-refractivity contribution in [2.75, 3.05) is 6.54 Å². The Balaban J connectivity index is 2.33. The lowest BCUT2D eigenvalue weighted by atomic mass is 9.92. The van der Waals surface area contributed by atoms with Gasteiger partial charge in [0.05, 0.1) is 5.56 Å². The van der Waals surface area contributed by atoms with Crippen LogP contribution in [0.5, 0.6) is 11.5 Å². The molecule has 3 atom stereocenters. The second kappa shape index (κ2) is 5.80. The Morgan fingerprint density at radius 3 is 2.53 bits per heavy atom. The normalized spacial score (nSPS) is 26.3. The maximum atomic E-state index is 10.0. The molecule has 4 heteroatoms. The van der Waals surface area contributed by atoms with Gasteiger partial charge in [-0.25, -0.2) is 0 Å². The van der Waals surface area contributed by atoms with Crippen molar-refractivity contribution in [3.63, 3.8) is 0 Å². The van der Waals surface area contributed by atoms with E-state index in [1.165, 1.54) is 6.42 Å². The number of hydrogen-bond donors (Lipinski definition) is 3. The van der Waals surface area contributed by atoms with Gasteiger partial charge in [-0.15, -0.1) is 0 Å². The van der Waals surface area contributed by atoms with Gasteiger partial charge in [-0.2, -0.15) is 0 Å². The maximum Gasteiger partial charge on any atom is 0.124 e. The summed E-state index contributed by atoms with van der Waals surface area (Å²) in [5, 5.41) is 20.0. The molecule has 0 aromatic heterocycles. The molecule has 0 amide bonds. The third-order valence-electron chi connectivity index (χ3n) is 4.29. The molecule has 1 aromatic carbocycles. The second-order valence-electron chi connectivity index (χ2n) is 5.50. The van der Waals surface area contributed by atoms with Gasteiger partial charge in [0.25, 0.3) is 0 Å². The molecule has 1 aliphatic rings. The zero-order chi connectivity index (χ0) is 14.0. The molecular weight excluding hydrogens is 240 g/mol. The quantitative estimate of drug-likeness (QED) is 0.784. The number of nitrogens with zero attached hydrogens (tertiary/aromatic N) is 1. The zero-order valence-electron chi connectivity index (χ0n) is 11.7. The van der Waals surface area contributed by atoms with E-state index in [-0.39, 0.29) is 17.5 Å². The lowest BCUT2D eigenvalue weighted by Gasteiger charge is -2.44. The minimum atomic E-state index is -0.0370. The predicted molar refractivity (Wildman–Crippen MR) is 76.2 cm³/mol. The highest BCUT2D eigenvalue weighted by molar-refractivity contribution is 5.45. The maximum absolute atomic E-state index is 10.0. The van der Waals surface area contributed by atoms with Crippen molar-refractivity contribution in [1.82, 2.24) is 4.90 Å². The molecule has 1 fully saturated rings. The highest BCUT2D eigenvalue weighted by Gasteiger charge is 2.33. The summed E-state index contributed by atoms with van der Waals surface area (Å²) in [6.07, 6.45) is 3.41. The van der Waals surface area contributed by atoms with E-state index in [1.807, 2.05) is 6.92 Å². The third-order valence-corrected chi connectivity index (χ3v) is 4.29. The van der Waals surface area contributed by atoms with Crippen molar-refractivity contribution >= 4 is 0 Å². The van der Waals surface area contributed by atoms with E-state index in [2.05, 4.69) is 11.8 Å². The summed E-state index contributed by atoms with van der Waals surface area (Å²) in [6, 6.07) is 5.59. The van der Waals surface area contributed by atoms with Crippen molar-refractivity contribution < 1.29 is 10.2 Å². The number of aromatic hydroxyl groups is 2. The minimum absolute atomic E-state index is 0.0370. The monoisotopic (exact) mass is 264 g/mol. The van der Waals surface area contributed by atoms with E-state index in [0.29, 0.717) is 24.2 Å². The first-order chi connectivity index (χ1) is 9.06. The largest absolute Gasteiger partial charge is 0.507 e. The van der Waals surface area contributed by atoms with Crippen LogP contribution in [0.15, 0.2) is 18.2 Å². The molecule has 0 aliphatic carbocycles. The molecule has 0 spiro atoms. The van der Waals surface area contributed by atoms with Crippen LogP contribution in [0.1, 0.15) is 44.7 Å². The average Bonchev–Trinajstić information content (AvgIpc) is 2.37. The SMILES string of the molecule is CC1CCCC(CN)N1C(C)c1c(O)cccc1O. The summed E-state index contributed by atoms with van der Waals surface area (Å²) in [6.45, 7) is 4.83. The number of phenolic OH excluding ortho intramolecular Hbond substituents is 2. The lowest BCUT2D eigenvalue weighted by Crippen LogP contribution is -2.49. The molecule has 1 aliphatic heterocycles. The first kappa shape index (κ1) is 14.2.